The maximum Gasteiger partial charge on any atom is 0.211 e. The van der Waals surface area contributed by atoms with Crippen molar-refractivity contribution in [3.63, 3.8) is 0 Å². The Bertz CT molecular complexity index is 810. The number of ether oxygens (including phenoxy) is 1. The van der Waals surface area contributed by atoms with Gasteiger partial charge in [-0.2, -0.15) is 0 Å². The molecule has 0 bridgehead atoms. The minimum atomic E-state index is -3.15. The second kappa shape index (κ2) is 9.37. The smallest absolute Gasteiger partial charge is 0.211 e. The van der Waals surface area contributed by atoms with E-state index >= 15 is 0 Å². The highest BCUT2D eigenvalue weighted by atomic mass is 35.5. The molecule has 1 N–H and O–H groups in total. The molecule has 0 aliphatic heterocycles. The largest absolute Gasteiger partial charge is 0.489 e. The standard InChI is InChI=1S/C19H25ClN2O3S/c1-15(13-22(2)26(3,23)24)21-12-16-8-10-18(11-9-16)25-14-17-6-4-5-7-19(17)20/h4-11,15,21H,12-14H2,1-3H3/t15-/m1/s1. The van der Waals surface area contributed by atoms with Crippen molar-refractivity contribution in [2.24, 2.45) is 0 Å². The fourth-order valence-electron chi connectivity index (χ4n) is 2.36. The van der Waals surface area contributed by atoms with Gasteiger partial charge in [0.05, 0.1) is 6.26 Å². The lowest BCUT2D eigenvalue weighted by Gasteiger charge is -2.20. The molecule has 142 valence electrons. The molecule has 0 saturated heterocycles. The van der Waals surface area contributed by atoms with E-state index in [1.54, 1.807) is 7.05 Å². The molecule has 26 heavy (non-hydrogen) atoms. The van der Waals surface area contributed by atoms with Gasteiger partial charge in [0.1, 0.15) is 12.4 Å². The first-order chi connectivity index (χ1) is 12.3. The molecule has 0 radical (unpaired) electrons. The number of hydrogen-bond donors (Lipinski definition) is 1. The summed E-state index contributed by atoms with van der Waals surface area (Å²) in [5.41, 5.74) is 2.05. The van der Waals surface area contributed by atoms with Crippen LogP contribution >= 0.6 is 11.6 Å². The predicted octanol–water partition coefficient (Wildman–Crippen LogP) is 3.29. The lowest BCUT2D eigenvalue weighted by Crippen LogP contribution is -2.39. The molecule has 0 amide bonds. The molecule has 0 aromatic heterocycles. The molecule has 2 aromatic rings. The van der Waals surface area contributed by atoms with Crippen molar-refractivity contribution in [3.05, 3.63) is 64.7 Å². The van der Waals surface area contributed by atoms with Crippen LogP contribution in [0.25, 0.3) is 0 Å². The minimum Gasteiger partial charge on any atom is -0.489 e. The van der Waals surface area contributed by atoms with Crippen molar-refractivity contribution >= 4 is 21.6 Å². The van der Waals surface area contributed by atoms with Crippen LogP contribution in [0.15, 0.2) is 48.5 Å². The van der Waals surface area contributed by atoms with Crippen molar-refractivity contribution in [2.45, 2.75) is 26.1 Å². The summed E-state index contributed by atoms with van der Waals surface area (Å²) < 4.78 is 30.0. The van der Waals surface area contributed by atoms with Crippen molar-refractivity contribution in [2.75, 3.05) is 19.8 Å². The average Bonchev–Trinajstić information content (AvgIpc) is 2.59. The molecule has 0 saturated carbocycles. The summed E-state index contributed by atoms with van der Waals surface area (Å²) in [6.07, 6.45) is 1.21. The van der Waals surface area contributed by atoms with Gasteiger partial charge in [0.2, 0.25) is 10.0 Å². The predicted molar refractivity (Wildman–Crippen MR) is 106 cm³/mol. The summed E-state index contributed by atoms with van der Waals surface area (Å²) >= 11 is 6.12. The van der Waals surface area contributed by atoms with Crippen LogP contribution in [-0.2, 0) is 23.2 Å². The van der Waals surface area contributed by atoms with E-state index in [0.717, 1.165) is 16.9 Å². The highest BCUT2D eigenvalue weighted by molar-refractivity contribution is 7.88. The molecule has 0 heterocycles. The third-order valence-corrected chi connectivity index (χ3v) is 5.68. The average molecular weight is 397 g/mol. The van der Waals surface area contributed by atoms with Crippen LogP contribution in [0, 0.1) is 0 Å². The Morgan fingerprint density at radius 1 is 1.15 bits per heavy atom. The van der Waals surface area contributed by atoms with E-state index in [2.05, 4.69) is 5.32 Å². The summed E-state index contributed by atoms with van der Waals surface area (Å²) in [5, 5.41) is 4.02. The van der Waals surface area contributed by atoms with Crippen LogP contribution in [-0.4, -0.2) is 38.6 Å². The van der Waals surface area contributed by atoms with E-state index in [4.69, 9.17) is 16.3 Å². The van der Waals surface area contributed by atoms with Gasteiger partial charge in [0, 0.05) is 36.8 Å². The van der Waals surface area contributed by atoms with Gasteiger partial charge in [-0.05, 0) is 30.7 Å². The number of hydrogen-bond acceptors (Lipinski definition) is 4. The summed E-state index contributed by atoms with van der Waals surface area (Å²) in [6, 6.07) is 15.5. The molecule has 0 aliphatic carbocycles. The van der Waals surface area contributed by atoms with Crippen LogP contribution in [0.1, 0.15) is 18.1 Å². The summed E-state index contributed by atoms with van der Waals surface area (Å²) in [7, 11) is -1.57. The second-order valence-electron chi connectivity index (χ2n) is 6.35. The molecular weight excluding hydrogens is 372 g/mol. The Labute approximate surface area is 161 Å². The number of halogens is 1. The molecule has 7 heteroatoms. The molecular formula is C19H25ClN2O3S. The van der Waals surface area contributed by atoms with Gasteiger partial charge < -0.3 is 10.1 Å². The van der Waals surface area contributed by atoms with E-state index in [1.165, 1.54) is 10.6 Å². The Morgan fingerprint density at radius 3 is 2.42 bits per heavy atom. The van der Waals surface area contributed by atoms with E-state index in [1.807, 2.05) is 55.5 Å². The topological polar surface area (TPSA) is 58.6 Å². The first-order valence-electron chi connectivity index (χ1n) is 8.35. The Hall–Kier alpha value is -1.60. The van der Waals surface area contributed by atoms with Gasteiger partial charge in [-0.1, -0.05) is 41.9 Å². The fourth-order valence-corrected chi connectivity index (χ4v) is 3.04. The third kappa shape index (κ3) is 6.61. The quantitative estimate of drug-likeness (QED) is 0.706. The lowest BCUT2D eigenvalue weighted by atomic mass is 10.2. The van der Waals surface area contributed by atoms with Crippen molar-refractivity contribution < 1.29 is 13.2 Å². The fraction of sp³-hybridized carbons (Fsp3) is 0.368. The highest BCUT2D eigenvalue weighted by Gasteiger charge is 2.14. The molecule has 0 aliphatic rings. The zero-order valence-electron chi connectivity index (χ0n) is 15.3. The van der Waals surface area contributed by atoms with Crippen LogP contribution in [0.4, 0.5) is 0 Å². The first kappa shape index (κ1) is 20.7. The van der Waals surface area contributed by atoms with Crippen molar-refractivity contribution in [3.8, 4) is 5.75 Å². The van der Waals surface area contributed by atoms with E-state index in [0.29, 0.717) is 24.7 Å². The van der Waals surface area contributed by atoms with Gasteiger partial charge in [0.15, 0.2) is 0 Å². The maximum atomic E-state index is 11.4. The van der Waals surface area contributed by atoms with Crippen LogP contribution in [0.3, 0.4) is 0 Å². The maximum absolute atomic E-state index is 11.4. The molecule has 0 spiro atoms. The van der Waals surface area contributed by atoms with E-state index in [9.17, 15) is 8.42 Å². The molecule has 0 fully saturated rings. The molecule has 0 unspecified atom stereocenters. The summed E-state index contributed by atoms with van der Waals surface area (Å²) in [6.45, 7) is 3.47. The number of rotatable bonds is 9. The Kier molecular flexibility index (Phi) is 7.46. The first-order valence-corrected chi connectivity index (χ1v) is 10.6. The van der Waals surface area contributed by atoms with E-state index in [-0.39, 0.29) is 6.04 Å². The van der Waals surface area contributed by atoms with Crippen LogP contribution in [0.5, 0.6) is 5.75 Å². The number of nitrogens with one attached hydrogen (secondary N) is 1. The molecule has 1 atom stereocenters. The number of sulfonamides is 1. The number of likely N-dealkylation sites (N-methyl/N-ethyl adjacent to an activating group) is 1. The number of nitrogens with zero attached hydrogens (tertiary/aromatic N) is 1. The molecule has 5 nitrogen and oxygen atoms in total. The molecule has 2 rings (SSSR count). The zero-order valence-corrected chi connectivity index (χ0v) is 16.8. The minimum absolute atomic E-state index is 0.0471. The summed E-state index contributed by atoms with van der Waals surface area (Å²) in [5.74, 6) is 0.776. The molecule has 2 aromatic carbocycles. The third-order valence-electron chi connectivity index (χ3n) is 4.03. The lowest BCUT2D eigenvalue weighted by molar-refractivity contribution is 0.306. The van der Waals surface area contributed by atoms with Crippen molar-refractivity contribution in [1.29, 1.82) is 0 Å². The summed E-state index contributed by atoms with van der Waals surface area (Å²) in [4.78, 5) is 0. The van der Waals surface area contributed by atoms with Gasteiger partial charge >= 0.3 is 0 Å². The van der Waals surface area contributed by atoms with Crippen LogP contribution < -0.4 is 10.1 Å². The SMILES string of the molecule is C[C@H](CN(C)S(C)(=O)=O)NCc1ccc(OCc2ccccc2Cl)cc1. The normalized spacial score (nSPS) is 13.0. The van der Waals surface area contributed by atoms with Gasteiger partial charge in [-0.15, -0.1) is 0 Å². The van der Waals surface area contributed by atoms with Gasteiger partial charge in [-0.3, -0.25) is 0 Å². The Morgan fingerprint density at radius 2 is 1.81 bits per heavy atom. The van der Waals surface area contributed by atoms with Crippen molar-refractivity contribution in [1.82, 2.24) is 9.62 Å². The number of benzene rings is 2. The van der Waals surface area contributed by atoms with Crippen LogP contribution in [0.2, 0.25) is 5.02 Å². The highest BCUT2D eigenvalue weighted by Crippen LogP contribution is 2.19. The monoisotopic (exact) mass is 396 g/mol. The van der Waals surface area contributed by atoms with Gasteiger partial charge in [-0.25, -0.2) is 12.7 Å². The Balaban J connectivity index is 1.81. The van der Waals surface area contributed by atoms with E-state index < -0.39 is 10.0 Å². The zero-order chi connectivity index (χ0) is 19.2. The second-order valence-corrected chi connectivity index (χ2v) is 8.85. The van der Waals surface area contributed by atoms with Gasteiger partial charge in [0.25, 0.3) is 0 Å².